The molecule has 3 aromatic rings. The van der Waals surface area contributed by atoms with Crippen LogP contribution < -0.4 is 5.73 Å². The quantitative estimate of drug-likeness (QED) is 0.0929. The fraction of sp³-hybridized carbons (Fsp3) is 0.554. The summed E-state index contributed by atoms with van der Waals surface area (Å²) in [4.78, 5) is 29.2. The number of aliphatic hydroxyl groups is 10. The van der Waals surface area contributed by atoms with Crippen LogP contribution in [0.4, 0.5) is 0 Å². The zero-order valence-corrected chi connectivity index (χ0v) is 53.9. The van der Waals surface area contributed by atoms with E-state index >= 15 is 0 Å². The van der Waals surface area contributed by atoms with E-state index < -0.39 is 141 Å². The minimum Gasteiger partial charge on any atom is -0.481 e. The van der Waals surface area contributed by atoms with Crippen molar-refractivity contribution in [1.82, 2.24) is 9.55 Å². The molecular weight excluding hydrogens is 1250 g/mol. The molecule has 2 aromatic carbocycles. The lowest BCUT2D eigenvalue weighted by Gasteiger charge is -2.45. The largest absolute Gasteiger partial charge is 0.481 e. The topological polar surface area (TPSA) is 347 Å². The number of hydrogen-bond donors (Lipinski definition) is 12. The lowest BCUT2D eigenvalue weighted by atomic mass is 9.82. The SMILES string of the molecule is C[C@@H]1[C@H](O)[C@@H](C)/C=C/C=C/CC/C=C/C=C/C=C/C=C/[C@H](O[C@@H]2O[C@H](C)[C@@H](O)[C@H](N)[C@@H]2O)C[C@@H]2O[C@](O)(C[C@@H](O)[C@H](O)CC[C@@H](O)C[C@@H](O)C[C@@H](O)CC(=O)O[C@H]1C)C[C@H](O)[C@H]2C(=O)O.Clc1ccc(COC(Cn2ccnc2)c2ccc(Cl)cc2Cl)c(Cl)c1. The van der Waals surface area contributed by atoms with Gasteiger partial charge in [-0.05, 0) is 82.2 Å². The van der Waals surface area contributed by atoms with Gasteiger partial charge in [0.2, 0.25) is 0 Å². The van der Waals surface area contributed by atoms with Crippen LogP contribution in [0.2, 0.25) is 20.1 Å². The molecule has 1 aromatic heterocycles. The first-order chi connectivity index (χ1) is 42.6. The van der Waals surface area contributed by atoms with Crippen LogP contribution in [-0.4, -0.2) is 175 Å². The summed E-state index contributed by atoms with van der Waals surface area (Å²) in [6.45, 7) is 7.67. The number of aliphatic carboxylic acids is 1. The normalized spacial score (nSPS) is 36.1. The molecule has 13 N–H and O–H groups in total. The average Bonchev–Trinajstić information content (AvgIpc) is 1.22. The van der Waals surface area contributed by atoms with Crippen molar-refractivity contribution >= 4 is 58.3 Å². The number of hydrogen-bond acceptors (Lipinski definition) is 19. The molecule has 4 heterocycles. The number of aromatic nitrogens is 2. The number of nitrogens with zero attached hydrogens (tertiary/aromatic N) is 2. The second kappa shape index (κ2) is 38.1. The van der Waals surface area contributed by atoms with E-state index in [4.69, 9.17) is 75.8 Å². The Morgan fingerprint density at radius 3 is 2.01 bits per heavy atom. The van der Waals surface area contributed by atoms with Crippen molar-refractivity contribution in [3.8, 4) is 0 Å². The Hall–Kier alpha value is -4.41. The second-order valence-corrected chi connectivity index (χ2v) is 25.0. The van der Waals surface area contributed by atoms with Gasteiger partial charge >= 0.3 is 11.9 Å². The van der Waals surface area contributed by atoms with Crippen LogP contribution in [0, 0.1) is 17.8 Å². The van der Waals surface area contributed by atoms with E-state index in [1.165, 1.54) is 13.0 Å². The number of carboxylic acid groups (broad SMARTS) is 1. The predicted molar refractivity (Wildman–Crippen MR) is 340 cm³/mol. The monoisotopic (exact) mass is 1340 g/mol. The van der Waals surface area contributed by atoms with E-state index in [2.05, 4.69) is 4.98 Å². The van der Waals surface area contributed by atoms with Gasteiger partial charge < -0.3 is 90.2 Å². The Balaban J connectivity index is 0.000000485. The molecule has 0 radical (unpaired) electrons. The highest BCUT2D eigenvalue weighted by molar-refractivity contribution is 6.35. The zero-order chi connectivity index (χ0) is 66.2. The second-order valence-electron chi connectivity index (χ2n) is 23.3. The lowest BCUT2D eigenvalue weighted by Crippen LogP contribution is -2.61. The van der Waals surface area contributed by atoms with Crippen LogP contribution in [-0.2, 0) is 46.4 Å². The summed E-state index contributed by atoms with van der Waals surface area (Å²) in [6.07, 6.45) is 7.32. The number of nitrogens with two attached hydrogens (primary N) is 1. The van der Waals surface area contributed by atoms with Gasteiger partial charge in [-0.2, -0.15) is 0 Å². The van der Waals surface area contributed by atoms with Crippen molar-refractivity contribution in [1.29, 1.82) is 0 Å². The van der Waals surface area contributed by atoms with Crippen molar-refractivity contribution in [2.75, 3.05) is 0 Å². The number of fused-ring (bicyclic) bond motifs is 2. The van der Waals surface area contributed by atoms with Crippen LogP contribution in [0.3, 0.4) is 0 Å². The third-order valence-corrected chi connectivity index (χ3v) is 17.1. The number of ether oxygens (including phenoxy) is 5. The fourth-order valence-corrected chi connectivity index (χ4v) is 11.5. The van der Waals surface area contributed by atoms with Crippen molar-refractivity contribution in [3.05, 3.63) is 159 Å². The molecular formula is C65H89Cl4N3O18. The van der Waals surface area contributed by atoms with E-state index in [1.807, 2.05) is 72.4 Å². The zero-order valence-electron chi connectivity index (χ0n) is 50.8. The first kappa shape index (κ1) is 76.3. The molecule has 3 aliphatic rings. The summed E-state index contributed by atoms with van der Waals surface area (Å²) >= 11 is 24.5. The van der Waals surface area contributed by atoms with Gasteiger partial charge in [0.05, 0.1) is 99.1 Å². The van der Waals surface area contributed by atoms with Crippen LogP contribution in [0.1, 0.15) is 109 Å². The molecule has 25 heteroatoms. The molecule has 0 saturated carbocycles. The molecule has 0 amide bonds. The number of benzene rings is 2. The summed E-state index contributed by atoms with van der Waals surface area (Å²) in [7, 11) is 0. The number of carbonyl (C=O) groups excluding carboxylic acids is 1. The van der Waals surface area contributed by atoms with E-state index in [0.29, 0.717) is 33.2 Å². The Bertz CT molecular complexity index is 2850. The minimum absolute atomic E-state index is 0.138. The number of rotatable bonds is 9. The summed E-state index contributed by atoms with van der Waals surface area (Å²) in [6, 6.07) is 9.56. The Labute approximate surface area is 545 Å². The molecule has 21 nitrogen and oxygen atoms in total. The highest BCUT2D eigenvalue weighted by Gasteiger charge is 2.51. The predicted octanol–water partition coefficient (Wildman–Crippen LogP) is 7.39. The van der Waals surface area contributed by atoms with Gasteiger partial charge in [-0.15, -0.1) is 0 Å². The molecule has 90 heavy (non-hydrogen) atoms. The van der Waals surface area contributed by atoms with E-state index in [-0.39, 0.29) is 44.1 Å². The number of cyclic esters (lactones) is 1. The maximum atomic E-state index is 12.6. The summed E-state index contributed by atoms with van der Waals surface area (Å²) in [5.74, 6) is -6.82. The molecule has 1 unspecified atom stereocenters. The van der Waals surface area contributed by atoms with Gasteiger partial charge in [-0.3, -0.25) is 9.59 Å². The van der Waals surface area contributed by atoms with Crippen LogP contribution >= 0.6 is 46.4 Å². The fourth-order valence-electron chi connectivity index (χ4n) is 10.5. The lowest BCUT2D eigenvalue weighted by molar-refractivity contribution is -0.310. The Morgan fingerprint density at radius 2 is 1.36 bits per heavy atom. The molecule has 2 fully saturated rings. The summed E-state index contributed by atoms with van der Waals surface area (Å²) < 4.78 is 31.2. The first-order valence-electron chi connectivity index (χ1n) is 30.1. The van der Waals surface area contributed by atoms with Gasteiger partial charge in [0, 0.05) is 69.1 Å². The van der Waals surface area contributed by atoms with E-state index in [9.17, 15) is 65.8 Å². The molecule has 0 aliphatic carbocycles. The van der Waals surface area contributed by atoms with Gasteiger partial charge in [-0.1, -0.05) is 145 Å². The molecule has 0 spiro atoms. The highest BCUT2D eigenvalue weighted by atomic mass is 35.5. The summed E-state index contributed by atoms with van der Waals surface area (Å²) in [5.41, 5.74) is 7.73. The van der Waals surface area contributed by atoms with Crippen molar-refractivity contribution in [3.63, 3.8) is 0 Å². The molecule has 2 saturated heterocycles. The molecule has 500 valence electrons. The molecule has 6 rings (SSSR count). The van der Waals surface area contributed by atoms with E-state index in [1.54, 1.807) is 74.9 Å². The van der Waals surface area contributed by atoms with Crippen LogP contribution in [0.25, 0.3) is 0 Å². The van der Waals surface area contributed by atoms with Gasteiger partial charge in [0.25, 0.3) is 0 Å². The number of carbonyl (C=O) groups is 2. The molecule has 2 bridgehead atoms. The number of carboxylic acids is 1. The average molecular weight is 1340 g/mol. The van der Waals surface area contributed by atoms with E-state index in [0.717, 1.165) is 24.0 Å². The maximum Gasteiger partial charge on any atom is 0.311 e. The van der Waals surface area contributed by atoms with Gasteiger partial charge in [-0.25, -0.2) is 4.98 Å². The Morgan fingerprint density at radius 1 is 0.733 bits per heavy atom. The van der Waals surface area contributed by atoms with Crippen LogP contribution in [0.15, 0.2) is 128 Å². The third kappa shape index (κ3) is 25.1. The summed E-state index contributed by atoms with van der Waals surface area (Å²) in [5, 5.41) is 121. The molecule has 20 atom stereocenters. The number of esters is 1. The minimum atomic E-state index is -2.35. The van der Waals surface area contributed by atoms with Gasteiger partial charge in [0.15, 0.2) is 12.1 Å². The smallest absolute Gasteiger partial charge is 0.311 e. The number of halogens is 4. The molecule has 3 aliphatic heterocycles. The van der Waals surface area contributed by atoms with Crippen LogP contribution in [0.5, 0.6) is 0 Å². The van der Waals surface area contributed by atoms with Crippen molar-refractivity contribution in [2.24, 2.45) is 23.5 Å². The Kier molecular flexibility index (Phi) is 32.3. The first-order valence-corrected chi connectivity index (χ1v) is 31.6. The van der Waals surface area contributed by atoms with Gasteiger partial charge in [0.1, 0.15) is 24.2 Å². The maximum absolute atomic E-state index is 12.6. The third-order valence-electron chi connectivity index (χ3n) is 15.9. The standard InChI is InChI=1S/C47H75NO17.C18H14Cl4N2O/c1-27-17-15-13-11-9-7-5-6-8-10-12-14-16-18-34(64-46-44(58)41(48)43(57)30(4)63-46)24-38-40(45(59)60)37(54)26-47(61,65-38)25-36(53)35(52)20-19-31(49)21-32(50)22-33(51)23-39(55)62-29(3)28(2)42(27)56;19-13-2-1-12(16(21)7-13)10-25-18(9-24-6-5-23-11-24)15-4-3-14(20)8-17(15)22/h5-6,8,10-18,27-38,40-44,46,49-54,56-58,61H,7,9,19-26,48H2,1-4H3,(H,59,60);1-8,11,18H,9-10H2/b6-5+,10-8+,13-11+,14-12+,17-15+,18-16+;/t27-,28-,29-,30+,31+,32+,33+,34-,35+,36+,37-,38-,40+,41-,42+,43+,44-,46-,47+;/m0./s1. The van der Waals surface area contributed by atoms with Crippen molar-refractivity contribution < 1.29 is 89.4 Å². The number of imidazole rings is 1. The highest BCUT2D eigenvalue weighted by Crippen LogP contribution is 2.39. The number of allylic oxidation sites excluding steroid dienone is 10. The van der Waals surface area contributed by atoms with Crippen molar-refractivity contribution in [2.45, 2.75) is 209 Å². The number of aliphatic hydroxyl groups excluding tert-OH is 9.